The lowest BCUT2D eigenvalue weighted by Gasteiger charge is -2.17. The van der Waals surface area contributed by atoms with E-state index in [9.17, 15) is 18.8 Å². The first-order valence-electron chi connectivity index (χ1n) is 11.0. The van der Waals surface area contributed by atoms with E-state index >= 15 is 0 Å². The number of fused-ring (bicyclic) bond motifs is 1. The van der Waals surface area contributed by atoms with Crippen molar-refractivity contribution < 1.29 is 18.3 Å². The number of benzene rings is 1. The van der Waals surface area contributed by atoms with Gasteiger partial charge in [0, 0.05) is 20.1 Å². The number of thiophene rings is 1. The zero-order chi connectivity index (χ0) is 25.3. The van der Waals surface area contributed by atoms with E-state index in [4.69, 9.17) is 9.15 Å². The summed E-state index contributed by atoms with van der Waals surface area (Å²) in [5.41, 5.74) is 0.0257. The third kappa shape index (κ3) is 4.51. The molecule has 1 amide bonds. The van der Waals surface area contributed by atoms with E-state index in [1.54, 1.807) is 20.9 Å². The summed E-state index contributed by atoms with van der Waals surface area (Å²) in [6.07, 6.45) is 3.20. The highest BCUT2D eigenvalue weighted by atomic mass is 32.1. The molecule has 0 radical (unpaired) electrons. The Morgan fingerprint density at radius 1 is 1.29 bits per heavy atom. The molecule has 3 heterocycles. The number of methoxy groups -OCH3 is 1. The third-order valence-electron chi connectivity index (χ3n) is 5.96. The largest absolute Gasteiger partial charge is 0.496 e. The molecule has 0 bridgehead atoms. The van der Waals surface area contributed by atoms with Gasteiger partial charge in [-0.15, -0.1) is 11.3 Å². The molecule has 3 aromatic heterocycles. The zero-order valence-electron chi connectivity index (χ0n) is 19.8. The van der Waals surface area contributed by atoms with Crippen LogP contribution in [0.4, 0.5) is 4.39 Å². The molecule has 184 valence electrons. The Morgan fingerprint density at radius 3 is 2.71 bits per heavy atom. The topological polar surface area (TPSA) is 99.6 Å². The van der Waals surface area contributed by atoms with Gasteiger partial charge in [0.2, 0.25) is 11.8 Å². The molecule has 11 heteroatoms. The quantitative estimate of drug-likeness (QED) is 0.369. The van der Waals surface area contributed by atoms with Gasteiger partial charge in [-0.25, -0.2) is 14.2 Å². The number of hydrogen-bond acceptors (Lipinski definition) is 7. The summed E-state index contributed by atoms with van der Waals surface area (Å²) in [6.45, 7) is 3.76. The van der Waals surface area contributed by atoms with Crippen molar-refractivity contribution in [2.24, 2.45) is 0 Å². The number of carbonyl (C=O) groups is 1. The van der Waals surface area contributed by atoms with Gasteiger partial charge >= 0.3 is 5.69 Å². The van der Waals surface area contributed by atoms with Gasteiger partial charge in [0.15, 0.2) is 0 Å². The summed E-state index contributed by atoms with van der Waals surface area (Å²) in [5.74, 6) is 0.0497. The van der Waals surface area contributed by atoms with Gasteiger partial charge in [-0.1, -0.05) is 0 Å². The van der Waals surface area contributed by atoms with Crippen molar-refractivity contribution in [2.45, 2.75) is 33.4 Å². The average Bonchev–Trinajstić information content (AvgIpc) is 3.49. The molecule has 0 atom stereocenters. The number of halogens is 1. The van der Waals surface area contributed by atoms with Crippen LogP contribution in [0.5, 0.6) is 5.75 Å². The molecule has 35 heavy (non-hydrogen) atoms. The highest BCUT2D eigenvalue weighted by Crippen LogP contribution is 2.35. The minimum absolute atomic E-state index is 0.137. The lowest BCUT2D eigenvalue weighted by molar-refractivity contribution is -0.130. The fraction of sp³-hybridized carbons (Fsp3) is 0.333. The van der Waals surface area contributed by atoms with Crippen LogP contribution in [-0.2, 0) is 24.3 Å². The number of aryl methyl sites for hydroxylation is 3. The second kappa shape index (κ2) is 9.87. The summed E-state index contributed by atoms with van der Waals surface area (Å²) in [7, 11) is 3.10. The molecule has 0 aliphatic carbocycles. The van der Waals surface area contributed by atoms with E-state index in [1.165, 1.54) is 58.6 Å². The highest BCUT2D eigenvalue weighted by molar-refractivity contribution is 7.22. The summed E-state index contributed by atoms with van der Waals surface area (Å²) in [4.78, 5) is 46.2. The van der Waals surface area contributed by atoms with Gasteiger partial charge in [-0.3, -0.25) is 18.7 Å². The van der Waals surface area contributed by atoms with Crippen LogP contribution in [0.3, 0.4) is 0 Å². The van der Waals surface area contributed by atoms with Gasteiger partial charge in [0.25, 0.3) is 5.56 Å². The first-order valence-corrected chi connectivity index (χ1v) is 11.8. The second-order valence-corrected chi connectivity index (χ2v) is 9.01. The van der Waals surface area contributed by atoms with E-state index in [0.717, 1.165) is 4.57 Å². The SMILES string of the molecule is CCN(C)C(=O)Cn1c(=O)c2c(C)c(-c3ncco3)sc2n(CCc2cc(F)ccc2OC)c1=O. The smallest absolute Gasteiger partial charge is 0.332 e. The molecule has 4 aromatic rings. The summed E-state index contributed by atoms with van der Waals surface area (Å²) >= 11 is 1.22. The lowest BCUT2D eigenvalue weighted by atomic mass is 10.1. The Bertz CT molecular complexity index is 1500. The van der Waals surface area contributed by atoms with Crippen LogP contribution in [0, 0.1) is 12.7 Å². The first-order chi connectivity index (χ1) is 16.8. The first kappa shape index (κ1) is 24.4. The van der Waals surface area contributed by atoms with Crippen molar-refractivity contribution in [1.82, 2.24) is 19.0 Å². The van der Waals surface area contributed by atoms with Crippen LogP contribution < -0.4 is 16.0 Å². The fourth-order valence-electron chi connectivity index (χ4n) is 3.88. The molecule has 0 N–H and O–H groups in total. The summed E-state index contributed by atoms with van der Waals surface area (Å²) in [6, 6.07) is 4.18. The Balaban J connectivity index is 1.89. The molecule has 0 spiro atoms. The maximum atomic E-state index is 13.9. The zero-order valence-corrected chi connectivity index (χ0v) is 20.6. The minimum atomic E-state index is -0.615. The van der Waals surface area contributed by atoms with E-state index in [1.807, 2.05) is 0 Å². The number of amides is 1. The number of likely N-dealkylation sites (N-methyl/N-ethyl adjacent to an activating group) is 1. The van der Waals surface area contributed by atoms with Crippen LogP contribution >= 0.6 is 11.3 Å². The Labute approximate surface area is 204 Å². The van der Waals surface area contributed by atoms with Gasteiger partial charge in [-0.2, -0.15) is 0 Å². The highest BCUT2D eigenvalue weighted by Gasteiger charge is 2.24. The molecule has 0 aliphatic rings. The molecule has 0 saturated carbocycles. The van der Waals surface area contributed by atoms with Gasteiger partial charge < -0.3 is 14.1 Å². The summed E-state index contributed by atoms with van der Waals surface area (Å²) in [5, 5.41) is 0.320. The molecule has 0 aliphatic heterocycles. The molecular formula is C24H25FN4O5S. The van der Waals surface area contributed by atoms with Crippen LogP contribution in [0.1, 0.15) is 18.1 Å². The number of oxazole rings is 1. The second-order valence-electron chi connectivity index (χ2n) is 8.01. The number of nitrogens with zero attached hydrogens (tertiary/aromatic N) is 4. The van der Waals surface area contributed by atoms with E-state index < -0.39 is 17.1 Å². The number of carbonyl (C=O) groups excluding carboxylic acids is 1. The van der Waals surface area contributed by atoms with Crippen molar-refractivity contribution in [3.8, 4) is 16.5 Å². The Hall–Kier alpha value is -3.73. The van der Waals surface area contributed by atoms with E-state index in [2.05, 4.69) is 4.98 Å². The van der Waals surface area contributed by atoms with Gasteiger partial charge in [0.1, 0.15) is 29.2 Å². The van der Waals surface area contributed by atoms with Crippen molar-refractivity contribution in [2.75, 3.05) is 20.7 Å². The predicted molar refractivity (Wildman–Crippen MR) is 131 cm³/mol. The van der Waals surface area contributed by atoms with Crippen molar-refractivity contribution in [3.05, 3.63) is 68.4 Å². The number of aromatic nitrogens is 3. The van der Waals surface area contributed by atoms with Crippen LogP contribution in [0.25, 0.3) is 21.0 Å². The molecule has 4 rings (SSSR count). The molecule has 0 unspecified atom stereocenters. The maximum Gasteiger partial charge on any atom is 0.332 e. The average molecular weight is 501 g/mol. The number of ether oxygens (including phenoxy) is 1. The van der Waals surface area contributed by atoms with Gasteiger partial charge in [-0.05, 0) is 49.6 Å². The molecule has 0 fully saturated rings. The van der Waals surface area contributed by atoms with Crippen molar-refractivity contribution in [3.63, 3.8) is 0 Å². The normalized spacial score (nSPS) is 11.2. The molecule has 1 aromatic carbocycles. The van der Waals surface area contributed by atoms with Crippen LogP contribution in [0.15, 0.2) is 44.7 Å². The predicted octanol–water partition coefficient (Wildman–Crippen LogP) is 3.06. The van der Waals surface area contributed by atoms with E-state index in [0.29, 0.717) is 44.4 Å². The van der Waals surface area contributed by atoms with Crippen molar-refractivity contribution in [1.29, 1.82) is 0 Å². The van der Waals surface area contributed by atoms with Crippen LogP contribution in [0.2, 0.25) is 0 Å². The van der Waals surface area contributed by atoms with E-state index in [-0.39, 0.29) is 25.4 Å². The lowest BCUT2D eigenvalue weighted by Crippen LogP contribution is -2.44. The molecule has 9 nitrogen and oxygen atoms in total. The van der Waals surface area contributed by atoms with Crippen LogP contribution in [-0.4, -0.2) is 45.6 Å². The molecule has 0 saturated heterocycles. The minimum Gasteiger partial charge on any atom is -0.496 e. The standard InChI is InChI=1S/C24H25FN4O5S/c1-5-27(3)18(30)13-29-22(31)19-14(2)20(21-26-9-11-34-21)35-23(19)28(24(29)32)10-8-15-12-16(25)6-7-17(15)33-4/h6-7,9,11-12H,5,8,10,13H2,1-4H3. The van der Waals surface area contributed by atoms with Crippen molar-refractivity contribution >= 4 is 27.5 Å². The summed E-state index contributed by atoms with van der Waals surface area (Å²) < 4.78 is 27.1. The number of rotatable bonds is 8. The maximum absolute atomic E-state index is 13.9. The Kier molecular flexibility index (Phi) is 6.88. The monoisotopic (exact) mass is 500 g/mol. The molecular weight excluding hydrogens is 475 g/mol. The van der Waals surface area contributed by atoms with Gasteiger partial charge in [0.05, 0.1) is 23.6 Å². The third-order valence-corrected chi connectivity index (χ3v) is 7.26. The fourth-order valence-corrected chi connectivity index (χ4v) is 5.14. The Morgan fingerprint density at radius 2 is 2.06 bits per heavy atom. The number of hydrogen-bond donors (Lipinski definition) is 0.